The molecule has 0 spiro atoms. The fourth-order valence-corrected chi connectivity index (χ4v) is 1.80. The number of aliphatic hydroxyl groups excluding tert-OH is 1. The summed E-state index contributed by atoms with van der Waals surface area (Å²) in [6.45, 7) is 6.15. The van der Waals surface area contributed by atoms with Crippen LogP contribution in [0.15, 0.2) is 29.3 Å². The van der Waals surface area contributed by atoms with Gasteiger partial charge in [0.15, 0.2) is 0 Å². The lowest BCUT2D eigenvalue weighted by Gasteiger charge is -2.18. The predicted molar refractivity (Wildman–Crippen MR) is 88.5 cm³/mol. The summed E-state index contributed by atoms with van der Waals surface area (Å²) in [4.78, 5) is 15.9. The van der Waals surface area contributed by atoms with Crippen molar-refractivity contribution in [3.63, 3.8) is 0 Å². The largest absolute Gasteiger partial charge is 0.442 e. The number of amides is 1. The number of aliphatic imine (C=N–C) groups is 1. The average molecular weight is 317 g/mol. The van der Waals surface area contributed by atoms with Gasteiger partial charge < -0.3 is 15.2 Å². The normalized spacial score (nSPS) is 11.9. The van der Waals surface area contributed by atoms with E-state index in [2.05, 4.69) is 16.4 Å². The van der Waals surface area contributed by atoms with Gasteiger partial charge in [0, 0.05) is 25.2 Å². The number of aliphatic hydroxyl groups is 1. The van der Waals surface area contributed by atoms with Crippen LogP contribution in [0.4, 0.5) is 4.79 Å². The lowest BCUT2D eigenvalue weighted by atomic mass is 10.1. The Morgan fingerprint density at radius 2 is 2.00 bits per heavy atom. The second-order valence-corrected chi connectivity index (χ2v) is 6.04. The minimum Gasteiger partial charge on any atom is -0.442 e. The van der Waals surface area contributed by atoms with E-state index in [1.54, 1.807) is 32.9 Å². The van der Waals surface area contributed by atoms with E-state index in [0.29, 0.717) is 30.8 Å². The number of nitriles is 1. The lowest BCUT2D eigenvalue weighted by Crippen LogP contribution is -2.29. The van der Waals surface area contributed by atoms with Crippen molar-refractivity contribution in [3.8, 4) is 6.07 Å². The first-order chi connectivity index (χ1) is 10.8. The van der Waals surface area contributed by atoms with Crippen LogP contribution in [0.25, 0.3) is 0 Å². The molecule has 0 fully saturated rings. The monoisotopic (exact) mass is 317 g/mol. The first-order valence-electron chi connectivity index (χ1n) is 7.44. The van der Waals surface area contributed by atoms with Gasteiger partial charge in [0.1, 0.15) is 5.60 Å². The van der Waals surface area contributed by atoms with Gasteiger partial charge in [-0.2, -0.15) is 10.3 Å². The van der Waals surface area contributed by atoms with E-state index in [4.69, 9.17) is 15.1 Å². The number of carbonyl (C=O) groups is 1. The van der Waals surface area contributed by atoms with Crippen LogP contribution in [-0.2, 0) is 11.2 Å². The minimum absolute atomic E-state index is 0.0105. The molecule has 2 N–H and O–H groups in total. The molecule has 0 aliphatic carbocycles. The van der Waals surface area contributed by atoms with E-state index < -0.39 is 11.7 Å². The van der Waals surface area contributed by atoms with Crippen LogP contribution in [0, 0.1) is 11.3 Å². The zero-order chi connectivity index (χ0) is 17.3. The fraction of sp³-hybridized carbons (Fsp3) is 0.471. The number of nitrogens with one attached hydrogen (secondary N) is 1. The highest BCUT2D eigenvalue weighted by molar-refractivity contribution is 5.96. The molecular formula is C17H23N3O3. The molecule has 1 aromatic rings. The third kappa shape index (κ3) is 8.10. The lowest BCUT2D eigenvalue weighted by molar-refractivity contribution is 0.0604. The van der Waals surface area contributed by atoms with Crippen LogP contribution in [0.5, 0.6) is 0 Å². The molecule has 0 radical (unpaired) electrons. The molecule has 124 valence electrons. The first-order valence-corrected chi connectivity index (χ1v) is 7.44. The van der Waals surface area contributed by atoms with Crippen LogP contribution < -0.4 is 5.32 Å². The highest BCUT2D eigenvalue weighted by Gasteiger charge is 2.16. The van der Waals surface area contributed by atoms with Crippen molar-refractivity contribution in [1.29, 1.82) is 5.26 Å². The molecule has 0 aliphatic heterocycles. The van der Waals surface area contributed by atoms with Gasteiger partial charge in [0.25, 0.3) is 0 Å². The molecule has 23 heavy (non-hydrogen) atoms. The van der Waals surface area contributed by atoms with Crippen molar-refractivity contribution in [1.82, 2.24) is 5.32 Å². The van der Waals surface area contributed by atoms with E-state index in [0.717, 1.165) is 5.56 Å². The number of benzene rings is 1. The highest BCUT2D eigenvalue weighted by atomic mass is 16.6. The topological polar surface area (TPSA) is 94.7 Å². The SMILES string of the molecule is CC(C)(C)OC(=O)N=C(CNCCO)Cc1ccc(C#N)cc1. The number of rotatable bonds is 6. The Bertz CT molecular complexity index is 581. The number of hydrogen-bond acceptors (Lipinski definition) is 5. The van der Waals surface area contributed by atoms with Gasteiger partial charge in [-0.3, -0.25) is 0 Å². The van der Waals surface area contributed by atoms with E-state index >= 15 is 0 Å². The third-order valence-electron chi connectivity index (χ3n) is 2.75. The Labute approximate surface area is 136 Å². The Morgan fingerprint density at radius 3 is 2.52 bits per heavy atom. The molecule has 0 heterocycles. The molecule has 1 aromatic carbocycles. The Hall–Kier alpha value is -2.23. The number of ether oxygens (including phenoxy) is 1. The van der Waals surface area contributed by atoms with Crippen molar-refractivity contribution in [2.75, 3.05) is 19.7 Å². The van der Waals surface area contributed by atoms with Gasteiger partial charge in [0.2, 0.25) is 0 Å². The summed E-state index contributed by atoms with van der Waals surface area (Å²) >= 11 is 0. The predicted octanol–water partition coefficient (Wildman–Crippen LogP) is 2.06. The fourth-order valence-electron chi connectivity index (χ4n) is 1.80. The van der Waals surface area contributed by atoms with Crippen LogP contribution in [0.1, 0.15) is 31.9 Å². The Kier molecular flexibility index (Phi) is 7.39. The minimum atomic E-state index is -0.632. The average Bonchev–Trinajstić information content (AvgIpc) is 2.46. The molecule has 1 rings (SSSR count). The van der Waals surface area contributed by atoms with Gasteiger partial charge in [-0.05, 0) is 38.5 Å². The molecule has 0 saturated carbocycles. The molecule has 1 amide bonds. The molecule has 6 heteroatoms. The quantitative estimate of drug-likeness (QED) is 0.618. The summed E-state index contributed by atoms with van der Waals surface area (Å²) in [6.07, 6.45) is -0.171. The summed E-state index contributed by atoms with van der Waals surface area (Å²) in [5.41, 5.74) is 1.53. The molecule has 0 bridgehead atoms. The molecule has 0 saturated heterocycles. The summed E-state index contributed by atoms with van der Waals surface area (Å²) < 4.78 is 5.20. The second kappa shape index (κ2) is 9.03. The molecule has 0 atom stereocenters. The summed E-state index contributed by atoms with van der Waals surface area (Å²) in [7, 11) is 0. The Morgan fingerprint density at radius 1 is 1.35 bits per heavy atom. The standard InChI is InChI=1S/C17H23N3O3/c1-17(2,3)23-16(22)20-15(12-19-8-9-21)10-13-4-6-14(11-18)7-5-13/h4-7,19,21H,8-10,12H2,1-3H3. The zero-order valence-electron chi connectivity index (χ0n) is 13.8. The van der Waals surface area contributed by atoms with Gasteiger partial charge in [-0.1, -0.05) is 12.1 Å². The maximum Gasteiger partial charge on any atom is 0.434 e. The first kappa shape index (κ1) is 18.8. The van der Waals surface area contributed by atoms with E-state index in [-0.39, 0.29) is 6.61 Å². The van der Waals surface area contributed by atoms with Crippen LogP contribution >= 0.6 is 0 Å². The summed E-state index contributed by atoms with van der Waals surface area (Å²) in [5, 5.41) is 20.7. The molecule has 0 unspecified atom stereocenters. The second-order valence-electron chi connectivity index (χ2n) is 6.04. The van der Waals surface area contributed by atoms with Crippen molar-refractivity contribution in [2.24, 2.45) is 4.99 Å². The molecule has 6 nitrogen and oxygen atoms in total. The van der Waals surface area contributed by atoms with Crippen LogP contribution in [-0.4, -0.2) is 42.2 Å². The Balaban J connectivity index is 2.81. The zero-order valence-corrected chi connectivity index (χ0v) is 13.8. The molecular weight excluding hydrogens is 294 g/mol. The van der Waals surface area contributed by atoms with Crippen LogP contribution in [0.2, 0.25) is 0 Å². The van der Waals surface area contributed by atoms with E-state index in [9.17, 15) is 4.79 Å². The van der Waals surface area contributed by atoms with Crippen molar-refractivity contribution < 1.29 is 14.6 Å². The van der Waals surface area contributed by atoms with Gasteiger partial charge in [-0.15, -0.1) is 0 Å². The maximum absolute atomic E-state index is 11.9. The third-order valence-corrected chi connectivity index (χ3v) is 2.75. The van der Waals surface area contributed by atoms with Gasteiger partial charge in [0.05, 0.1) is 18.2 Å². The summed E-state index contributed by atoms with van der Waals surface area (Å²) in [6, 6.07) is 9.17. The molecule has 0 aromatic heterocycles. The smallest absolute Gasteiger partial charge is 0.434 e. The van der Waals surface area contributed by atoms with E-state index in [1.165, 1.54) is 0 Å². The number of hydrogen-bond donors (Lipinski definition) is 2. The number of carbonyl (C=O) groups excluding carboxylic acids is 1. The van der Waals surface area contributed by atoms with Crippen molar-refractivity contribution in [2.45, 2.75) is 32.8 Å². The summed E-state index contributed by atoms with van der Waals surface area (Å²) in [5.74, 6) is 0. The van der Waals surface area contributed by atoms with Gasteiger partial charge in [-0.25, -0.2) is 4.79 Å². The molecule has 0 aliphatic rings. The van der Waals surface area contributed by atoms with Crippen molar-refractivity contribution in [3.05, 3.63) is 35.4 Å². The number of nitrogens with zero attached hydrogens (tertiary/aromatic N) is 2. The maximum atomic E-state index is 11.9. The van der Waals surface area contributed by atoms with Crippen LogP contribution in [0.3, 0.4) is 0 Å². The van der Waals surface area contributed by atoms with Gasteiger partial charge >= 0.3 is 6.09 Å². The van der Waals surface area contributed by atoms with E-state index in [1.807, 2.05) is 12.1 Å². The highest BCUT2D eigenvalue weighted by Crippen LogP contribution is 2.09. The van der Waals surface area contributed by atoms with Crippen molar-refractivity contribution >= 4 is 11.8 Å².